The fourth-order valence-corrected chi connectivity index (χ4v) is 2.40. The smallest absolute Gasteiger partial charge is 0.108 e. The maximum Gasteiger partial charge on any atom is 0.108 e. The van der Waals surface area contributed by atoms with E-state index in [1.807, 2.05) is 6.20 Å². The van der Waals surface area contributed by atoms with E-state index in [4.69, 9.17) is 0 Å². The average Bonchev–Trinajstić information content (AvgIpc) is 2.65. The Morgan fingerprint density at radius 3 is 2.33 bits per heavy atom. The summed E-state index contributed by atoms with van der Waals surface area (Å²) >= 11 is 0. The van der Waals surface area contributed by atoms with Crippen LogP contribution in [0.2, 0.25) is 0 Å². The van der Waals surface area contributed by atoms with Crippen LogP contribution in [0.25, 0.3) is 0 Å². The van der Waals surface area contributed by atoms with E-state index in [1.165, 1.54) is 70.2 Å². The fourth-order valence-electron chi connectivity index (χ4n) is 2.40. The summed E-state index contributed by atoms with van der Waals surface area (Å²) in [6.45, 7) is 1.18. The third kappa shape index (κ3) is 3.37. The van der Waals surface area contributed by atoms with Crippen molar-refractivity contribution in [3.05, 3.63) is 18.2 Å². The van der Waals surface area contributed by atoms with E-state index < -0.39 is 0 Å². The molecule has 0 spiro atoms. The molecule has 0 N–H and O–H groups in total. The quantitative estimate of drug-likeness (QED) is 0.634. The average molecular weight is 206 g/mol. The molecule has 0 aliphatic carbocycles. The predicted molar refractivity (Wildman–Crippen MR) is 62.9 cm³/mol. The lowest BCUT2D eigenvalue weighted by molar-refractivity contribution is 0.511. The van der Waals surface area contributed by atoms with Gasteiger partial charge in [-0.1, -0.05) is 38.5 Å². The van der Waals surface area contributed by atoms with E-state index in [0.717, 1.165) is 0 Å². The second-order valence-electron chi connectivity index (χ2n) is 4.62. The zero-order valence-electron chi connectivity index (χ0n) is 9.62. The lowest BCUT2D eigenvalue weighted by Gasteiger charge is -2.09. The molecule has 1 aliphatic rings. The van der Waals surface area contributed by atoms with Crippen LogP contribution in [0, 0.1) is 0 Å². The molecule has 2 nitrogen and oxygen atoms in total. The second kappa shape index (κ2) is 5.94. The minimum absolute atomic E-state index is 1.17. The molecule has 0 saturated heterocycles. The van der Waals surface area contributed by atoms with Gasteiger partial charge in [-0.15, -0.1) is 0 Å². The molecule has 2 heterocycles. The van der Waals surface area contributed by atoms with E-state index in [-0.39, 0.29) is 0 Å². The third-order valence-corrected chi connectivity index (χ3v) is 3.35. The Morgan fingerprint density at radius 1 is 0.867 bits per heavy atom. The maximum absolute atomic E-state index is 4.45. The maximum atomic E-state index is 4.45. The summed E-state index contributed by atoms with van der Waals surface area (Å²) in [5, 5.41) is 0. The number of aromatic nitrogens is 2. The van der Waals surface area contributed by atoms with Gasteiger partial charge in [-0.2, -0.15) is 0 Å². The zero-order chi connectivity index (χ0) is 10.3. The minimum atomic E-state index is 1.17. The zero-order valence-corrected chi connectivity index (χ0v) is 9.62. The fraction of sp³-hybridized carbons (Fsp3) is 0.769. The van der Waals surface area contributed by atoms with Crippen LogP contribution < -0.4 is 0 Å². The van der Waals surface area contributed by atoms with Crippen LogP contribution in [-0.2, 0) is 13.0 Å². The van der Waals surface area contributed by atoms with Crippen molar-refractivity contribution < 1.29 is 0 Å². The number of hydrogen-bond acceptors (Lipinski definition) is 1. The van der Waals surface area contributed by atoms with Crippen LogP contribution in [0.15, 0.2) is 12.4 Å². The second-order valence-corrected chi connectivity index (χ2v) is 4.62. The van der Waals surface area contributed by atoms with Gasteiger partial charge in [-0.3, -0.25) is 0 Å². The molecule has 1 aliphatic heterocycles. The Hall–Kier alpha value is -0.790. The SMILES string of the molecule is c1cn2c(n1)CCCCCCCCCC2. The molecule has 2 rings (SSSR count). The van der Waals surface area contributed by atoms with Crippen LogP contribution in [0.4, 0.5) is 0 Å². The Kier molecular flexibility index (Phi) is 4.24. The molecule has 0 bridgehead atoms. The molecule has 2 heteroatoms. The lowest BCUT2D eigenvalue weighted by atomic mass is 10.1. The summed E-state index contributed by atoms with van der Waals surface area (Å²) in [6.07, 6.45) is 16.4. The Balaban J connectivity index is 1.92. The highest BCUT2D eigenvalue weighted by molar-refractivity contribution is 4.92. The van der Waals surface area contributed by atoms with Gasteiger partial charge in [-0.05, 0) is 12.8 Å². The standard InChI is InChI=1S/C13H22N2/c1-2-4-6-8-11-15-12-10-14-13(15)9-7-5-3-1/h10,12H,1-9,11H2. The van der Waals surface area contributed by atoms with Crippen LogP contribution in [0.5, 0.6) is 0 Å². The van der Waals surface area contributed by atoms with Crippen molar-refractivity contribution in [3.63, 3.8) is 0 Å². The molecule has 0 fully saturated rings. The number of hydrogen-bond donors (Lipinski definition) is 0. The summed E-state index contributed by atoms with van der Waals surface area (Å²) in [5.74, 6) is 1.30. The molecule has 0 aromatic carbocycles. The van der Waals surface area contributed by atoms with E-state index >= 15 is 0 Å². The molecule has 0 radical (unpaired) electrons. The van der Waals surface area contributed by atoms with Crippen LogP contribution >= 0.6 is 0 Å². The van der Waals surface area contributed by atoms with Crippen molar-refractivity contribution in [2.45, 2.75) is 64.3 Å². The van der Waals surface area contributed by atoms with Crippen molar-refractivity contribution >= 4 is 0 Å². The third-order valence-electron chi connectivity index (χ3n) is 3.35. The minimum Gasteiger partial charge on any atom is -0.335 e. The van der Waals surface area contributed by atoms with Gasteiger partial charge < -0.3 is 4.57 Å². The molecule has 84 valence electrons. The highest BCUT2D eigenvalue weighted by Gasteiger charge is 2.03. The summed E-state index contributed by atoms with van der Waals surface area (Å²) in [7, 11) is 0. The first-order valence-corrected chi connectivity index (χ1v) is 6.47. The van der Waals surface area contributed by atoms with Crippen molar-refractivity contribution in [1.82, 2.24) is 9.55 Å². The molecular formula is C13H22N2. The molecule has 1 aromatic heterocycles. The van der Waals surface area contributed by atoms with E-state index in [0.29, 0.717) is 0 Å². The van der Waals surface area contributed by atoms with Gasteiger partial charge in [0.2, 0.25) is 0 Å². The molecule has 0 atom stereocenters. The summed E-state index contributed by atoms with van der Waals surface area (Å²) in [6, 6.07) is 0. The van der Waals surface area contributed by atoms with Gasteiger partial charge in [0.25, 0.3) is 0 Å². The molecule has 0 amide bonds. The van der Waals surface area contributed by atoms with Crippen molar-refractivity contribution in [2.24, 2.45) is 0 Å². The largest absolute Gasteiger partial charge is 0.335 e. The van der Waals surface area contributed by atoms with Crippen LogP contribution in [0.1, 0.15) is 57.2 Å². The number of aryl methyl sites for hydroxylation is 2. The van der Waals surface area contributed by atoms with Gasteiger partial charge in [0.15, 0.2) is 0 Å². The molecule has 0 unspecified atom stereocenters. The monoisotopic (exact) mass is 206 g/mol. The highest BCUT2D eigenvalue weighted by atomic mass is 15.1. The summed E-state index contributed by atoms with van der Waals surface area (Å²) < 4.78 is 2.35. The predicted octanol–water partition coefficient (Wildman–Crippen LogP) is 3.56. The van der Waals surface area contributed by atoms with Crippen molar-refractivity contribution in [1.29, 1.82) is 0 Å². The van der Waals surface area contributed by atoms with Gasteiger partial charge in [-0.25, -0.2) is 4.98 Å². The first kappa shape index (κ1) is 10.7. The van der Waals surface area contributed by atoms with E-state index in [2.05, 4.69) is 15.7 Å². The van der Waals surface area contributed by atoms with E-state index in [1.54, 1.807) is 0 Å². The first-order valence-electron chi connectivity index (χ1n) is 6.47. The molecule has 15 heavy (non-hydrogen) atoms. The first-order chi connectivity index (χ1) is 7.47. The number of imidazole rings is 1. The number of fused-ring (bicyclic) bond motifs is 1. The van der Waals surface area contributed by atoms with Gasteiger partial charge in [0.05, 0.1) is 0 Å². The van der Waals surface area contributed by atoms with Crippen molar-refractivity contribution in [2.75, 3.05) is 0 Å². The van der Waals surface area contributed by atoms with Gasteiger partial charge in [0, 0.05) is 25.4 Å². The summed E-state index contributed by atoms with van der Waals surface area (Å²) in [5.41, 5.74) is 0. The summed E-state index contributed by atoms with van der Waals surface area (Å²) in [4.78, 5) is 4.45. The van der Waals surface area contributed by atoms with Crippen LogP contribution in [0.3, 0.4) is 0 Å². The van der Waals surface area contributed by atoms with Crippen LogP contribution in [-0.4, -0.2) is 9.55 Å². The van der Waals surface area contributed by atoms with Gasteiger partial charge >= 0.3 is 0 Å². The Morgan fingerprint density at radius 2 is 1.53 bits per heavy atom. The highest BCUT2D eigenvalue weighted by Crippen LogP contribution is 2.13. The normalized spacial score (nSPS) is 20.0. The number of nitrogens with zero attached hydrogens (tertiary/aromatic N) is 2. The van der Waals surface area contributed by atoms with E-state index in [9.17, 15) is 0 Å². The van der Waals surface area contributed by atoms with Gasteiger partial charge in [0.1, 0.15) is 5.82 Å². The van der Waals surface area contributed by atoms with Crippen molar-refractivity contribution in [3.8, 4) is 0 Å². The lowest BCUT2D eigenvalue weighted by Crippen LogP contribution is -2.04. The molecule has 1 aromatic rings. The Labute approximate surface area is 92.7 Å². The Bertz CT molecular complexity index is 251. The molecule has 0 saturated carbocycles. The topological polar surface area (TPSA) is 17.8 Å². The number of rotatable bonds is 0. The molecular weight excluding hydrogens is 184 g/mol.